The number of rotatable bonds is 4. The van der Waals surface area contributed by atoms with Crippen molar-refractivity contribution in [2.75, 3.05) is 0 Å². The highest BCUT2D eigenvalue weighted by atomic mass is 16.4. The van der Waals surface area contributed by atoms with Crippen molar-refractivity contribution < 1.29 is 19.8 Å². The van der Waals surface area contributed by atoms with Gasteiger partial charge in [0.05, 0.1) is 5.57 Å². The van der Waals surface area contributed by atoms with Crippen molar-refractivity contribution in [2.45, 2.75) is 47.0 Å². The normalized spacial score (nSPS) is 19.4. The lowest BCUT2D eigenvalue weighted by Gasteiger charge is -2.45. The van der Waals surface area contributed by atoms with Gasteiger partial charge in [0.25, 0.3) is 0 Å². The molecule has 0 unspecified atom stereocenters. The monoisotopic (exact) mass is 254 g/mol. The number of hydrogen-bond donors (Lipinski definition) is 2. The Hall–Kier alpha value is -1.32. The van der Waals surface area contributed by atoms with E-state index < -0.39 is 17.4 Å². The van der Waals surface area contributed by atoms with E-state index in [1.807, 2.05) is 27.7 Å². The van der Waals surface area contributed by atoms with Crippen molar-refractivity contribution in [1.82, 2.24) is 0 Å². The van der Waals surface area contributed by atoms with E-state index >= 15 is 0 Å². The van der Waals surface area contributed by atoms with Gasteiger partial charge in [-0.2, -0.15) is 0 Å². The Bertz CT molecular complexity index is 383. The molecule has 0 radical (unpaired) electrons. The van der Waals surface area contributed by atoms with Gasteiger partial charge >= 0.3 is 11.9 Å². The van der Waals surface area contributed by atoms with E-state index in [0.717, 1.165) is 12.8 Å². The van der Waals surface area contributed by atoms with Gasteiger partial charge in [-0.25, -0.2) is 9.59 Å². The maximum Gasteiger partial charge on any atom is 0.332 e. The van der Waals surface area contributed by atoms with E-state index in [1.165, 1.54) is 0 Å². The smallest absolute Gasteiger partial charge is 0.332 e. The van der Waals surface area contributed by atoms with E-state index in [1.54, 1.807) is 0 Å². The number of carboxylic acids is 2. The molecule has 0 fully saturated rings. The minimum Gasteiger partial charge on any atom is -0.478 e. The van der Waals surface area contributed by atoms with Gasteiger partial charge in [-0.3, -0.25) is 0 Å². The molecule has 1 aliphatic rings. The van der Waals surface area contributed by atoms with Crippen LogP contribution in [0.4, 0.5) is 0 Å². The van der Waals surface area contributed by atoms with Crippen LogP contribution in [0.15, 0.2) is 11.1 Å². The predicted molar refractivity (Wildman–Crippen MR) is 68.3 cm³/mol. The Labute approximate surface area is 108 Å². The van der Waals surface area contributed by atoms with Gasteiger partial charge < -0.3 is 10.2 Å². The number of aliphatic carboxylic acids is 2. The quantitative estimate of drug-likeness (QED) is 0.808. The SMILES string of the molecule is CC(C)C1(C(C)C)CCCC(C(=O)O)=C1C(=O)O. The summed E-state index contributed by atoms with van der Waals surface area (Å²) in [6.07, 6.45) is 1.85. The molecule has 0 bridgehead atoms. The van der Waals surface area contributed by atoms with Crippen LogP contribution in [0.2, 0.25) is 0 Å². The minimum absolute atomic E-state index is 0.0937. The highest BCUT2D eigenvalue weighted by Crippen LogP contribution is 2.51. The summed E-state index contributed by atoms with van der Waals surface area (Å²) in [4.78, 5) is 22.9. The molecular weight excluding hydrogens is 232 g/mol. The van der Waals surface area contributed by atoms with Crippen LogP contribution >= 0.6 is 0 Å². The molecule has 2 N–H and O–H groups in total. The second kappa shape index (κ2) is 5.12. The first-order chi connectivity index (χ1) is 8.25. The lowest BCUT2D eigenvalue weighted by atomic mass is 9.58. The molecule has 18 heavy (non-hydrogen) atoms. The molecule has 0 amide bonds. The van der Waals surface area contributed by atoms with E-state index in [9.17, 15) is 19.8 Å². The molecule has 0 aromatic carbocycles. The summed E-state index contributed by atoms with van der Waals surface area (Å²) < 4.78 is 0. The highest BCUT2D eigenvalue weighted by Gasteiger charge is 2.47. The average Bonchev–Trinajstić information content (AvgIpc) is 2.26. The van der Waals surface area contributed by atoms with Crippen molar-refractivity contribution in [3.8, 4) is 0 Å². The van der Waals surface area contributed by atoms with E-state index in [2.05, 4.69) is 0 Å². The summed E-state index contributed by atoms with van der Waals surface area (Å²) in [5.74, 6) is -1.94. The summed E-state index contributed by atoms with van der Waals surface area (Å²) in [6.45, 7) is 7.92. The molecule has 0 atom stereocenters. The summed E-state index contributed by atoms with van der Waals surface area (Å²) in [5, 5.41) is 18.7. The molecule has 0 aromatic heterocycles. The topological polar surface area (TPSA) is 74.6 Å². The Morgan fingerprint density at radius 2 is 1.56 bits per heavy atom. The molecule has 0 aromatic rings. The molecule has 102 valence electrons. The van der Waals surface area contributed by atoms with Crippen LogP contribution in [0, 0.1) is 17.3 Å². The first-order valence-corrected chi connectivity index (χ1v) is 6.45. The third-order valence-corrected chi connectivity index (χ3v) is 4.32. The van der Waals surface area contributed by atoms with E-state index in [0.29, 0.717) is 6.42 Å². The third-order valence-electron chi connectivity index (χ3n) is 4.32. The van der Waals surface area contributed by atoms with Crippen LogP contribution in [0.3, 0.4) is 0 Å². The first kappa shape index (κ1) is 14.7. The third kappa shape index (κ3) is 2.16. The standard InChI is InChI=1S/C14H22O4/c1-8(2)14(9(3)4)7-5-6-10(12(15)16)11(14)13(17)18/h8-9H,5-7H2,1-4H3,(H,15,16)(H,17,18). The van der Waals surface area contributed by atoms with Crippen LogP contribution in [0.5, 0.6) is 0 Å². The largest absolute Gasteiger partial charge is 0.478 e. The predicted octanol–water partition coefficient (Wildman–Crippen LogP) is 2.93. The molecule has 4 heteroatoms. The molecule has 1 aliphatic carbocycles. The molecule has 0 aliphatic heterocycles. The van der Waals surface area contributed by atoms with Crippen molar-refractivity contribution in [3.05, 3.63) is 11.1 Å². The number of hydrogen-bond acceptors (Lipinski definition) is 2. The molecule has 4 nitrogen and oxygen atoms in total. The Balaban J connectivity index is 3.54. The molecule has 0 spiro atoms. The Morgan fingerprint density at radius 3 is 1.89 bits per heavy atom. The second-order valence-corrected chi connectivity index (χ2v) is 5.67. The van der Waals surface area contributed by atoms with Crippen LogP contribution in [0.25, 0.3) is 0 Å². The van der Waals surface area contributed by atoms with Gasteiger partial charge in [-0.1, -0.05) is 27.7 Å². The summed E-state index contributed by atoms with van der Waals surface area (Å²) in [7, 11) is 0. The van der Waals surface area contributed by atoms with Crippen molar-refractivity contribution in [3.63, 3.8) is 0 Å². The number of carbonyl (C=O) groups is 2. The van der Waals surface area contributed by atoms with Crippen molar-refractivity contribution in [1.29, 1.82) is 0 Å². The molecule has 0 saturated carbocycles. The minimum atomic E-state index is -1.09. The maximum atomic E-state index is 11.6. The fourth-order valence-corrected chi connectivity index (χ4v) is 3.45. The first-order valence-electron chi connectivity index (χ1n) is 6.45. The number of carboxylic acid groups (broad SMARTS) is 2. The second-order valence-electron chi connectivity index (χ2n) is 5.67. The zero-order valence-corrected chi connectivity index (χ0v) is 11.5. The zero-order chi connectivity index (χ0) is 14.1. The summed E-state index contributed by atoms with van der Waals surface area (Å²) in [5.41, 5.74) is -0.306. The van der Waals surface area contributed by atoms with Crippen molar-refractivity contribution in [2.24, 2.45) is 17.3 Å². The van der Waals surface area contributed by atoms with Gasteiger partial charge in [0.1, 0.15) is 0 Å². The fraction of sp³-hybridized carbons (Fsp3) is 0.714. The average molecular weight is 254 g/mol. The van der Waals surface area contributed by atoms with Crippen LogP contribution in [-0.4, -0.2) is 22.2 Å². The van der Waals surface area contributed by atoms with Gasteiger partial charge in [-0.15, -0.1) is 0 Å². The summed E-state index contributed by atoms with van der Waals surface area (Å²) >= 11 is 0. The highest BCUT2D eigenvalue weighted by molar-refractivity contribution is 6.00. The van der Waals surface area contributed by atoms with Gasteiger partial charge in [0.2, 0.25) is 0 Å². The van der Waals surface area contributed by atoms with Crippen LogP contribution in [-0.2, 0) is 9.59 Å². The van der Waals surface area contributed by atoms with Gasteiger partial charge in [0.15, 0.2) is 0 Å². The lowest BCUT2D eigenvalue weighted by molar-refractivity contribution is -0.138. The van der Waals surface area contributed by atoms with Crippen LogP contribution in [0.1, 0.15) is 47.0 Å². The Morgan fingerprint density at radius 1 is 1.06 bits per heavy atom. The van der Waals surface area contributed by atoms with Gasteiger partial charge in [-0.05, 0) is 31.1 Å². The van der Waals surface area contributed by atoms with Gasteiger partial charge in [0, 0.05) is 11.0 Å². The molecule has 1 rings (SSSR count). The lowest BCUT2D eigenvalue weighted by Crippen LogP contribution is -2.42. The molecule has 0 saturated heterocycles. The Kier molecular flexibility index (Phi) is 4.20. The molecule has 0 heterocycles. The summed E-state index contributed by atoms with van der Waals surface area (Å²) in [6, 6.07) is 0. The van der Waals surface area contributed by atoms with E-state index in [-0.39, 0.29) is 23.0 Å². The fourth-order valence-electron chi connectivity index (χ4n) is 3.45. The van der Waals surface area contributed by atoms with Crippen molar-refractivity contribution >= 4 is 11.9 Å². The van der Waals surface area contributed by atoms with E-state index in [4.69, 9.17) is 0 Å². The van der Waals surface area contributed by atoms with Crippen LogP contribution < -0.4 is 0 Å². The zero-order valence-electron chi connectivity index (χ0n) is 11.5. The molecular formula is C14H22O4. The maximum absolute atomic E-state index is 11.6.